The van der Waals surface area contributed by atoms with Gasteiger partial charge in [-0.2, -0.15) is 5.10 Å². The van der Waals surface area contributed by atoms with E-state index in [-0.39, 0.29) is 5.75 Å². The summed E-state index contributed by atoms with van der Waals surface area (Å²) in [6.45, 7) is 0. The molecule has 1 aliphatic carbocycles. The van der Waals surface area contributed by atoms with Crippen molar-refractivity contribution in [3.63, 3.8) is 0 Å². The first kappa shape index (κ1) is 13.5. The summed E-state index contributed by atoms with van der Waals surface area (Å²) >= 11 is 0. The van der Waals surface area contributed by atoms with Crippen LogP contribution >= 0.6 is 0 Å². The third-order valence-corrected chi connectivity index (χ3v) is 4.37. The number of aromatic amines is 1. The zero-order valence-corrected chi connectivity index (χ0v) is 11.4. The number of rotatable bonds is 5. The van der Waals surface area contributed by atoms with Gasteiger partial charge < -0.3 is 5.73 Å². The van der Waals surface area contributed by atoms with E-state index in [0.29, 0.717) is 18.2 Å². The molecule has 0 aromatic carbocycles. The molecular formula is C11H20N4O2S. The van der Waals surface area contributed by atoms with Gasteiger partial charge in [0.25, 0.3) is 0 Å². The highest BCUT2D eigenvalue weighted by Gasteiger charge is 2.22. The number of hydrogen-bond acceptors (Lipinski definition) is 5. The molecule has 0 radical (unpaired) electrons. The first-order valence-electron chi connectivity index (χ1n) is 6.31. The normalized spacial score (nSPS) is 19.2. The number of hydrogen-bond donors (Lipinski definition) is 2. The highest BCUT2D eigenvalue weighted by Crippen LogP contribution is 2.32. The predicted molar refractivity (Wildman–Crippen MR) is 68.8 cm³/mol. The Morgan fingerprint density at radius 2 is 2.11 bits per heavy atom. The average molecular weight is 272 g/mol. The largest absolute Gasteiger partial charge is 0.321 e. The zero-order chi connectivity index (χ0) is 13.2. The summed E-state index contributed by atoms with van der Waals surface area (Å²) in [5.74, 6) is 1.97. The fourth-order valence-corrected chi connectivity index (χ4v) is 2.99. The Labute approximate surface area is 107 Å². The Hall–Kier alpha value is -0.950. The minimum absolute atomic E-state index is 0.0709. The van der Waals surface area contributed by atoms with E-state index < -0.39 is 15.9 Å². The monoisotopic (exact) mass is 272 g/mol. The molecule has 0 bridgehead atoms. The van der Waals surface area contributed by atoms with E-state index in [1.165, 1.54) is 19.1 Å². The molecule has 0 amide bonds. The number of nitrogens with one attached hydrogen (secondary N) is 1. The van der Waals surface area contributed by atoms with Crippen LogP contribution in [0.25, 0.3) is 0 Å². The Morgan fingerprint density at radius 3 is 2.72 bits per heavy atom. The van der Waals surface area contributed by atoms with Gasteiger partial charge >= 0.3 is 0 Å². The van der Waals surface area contributed by atoms with Gasteiger partial charge in [-0.1, -0.05) is 12.8 Å². The van der Waals surface area contributed by atoms with Gasteiger partial charge in [-0.05, 0) is 19.3 Å². The van der Waals surface area contributed by atoms with Crippen LogP contribution in [-0.2, 0) is 9.84 Å². The lowest BCUT2D eigenvalue weighted by Crippen LogP contribution is -2.17. The molecule has 102 valence electrons. The summed E-state index contributed by atoms with van der Waals surface area (Å²) in [5.41, 5.74) is 5.90. The van der Waals surface area contributed by atoms with Gasteiger partial charge in [-0.25, -0.2) is 13.4 Å². The van der Waals surface area contributed by atoms with E-state index in [2.05, 4.69) is 15.2 Å². The van der Waals surface area contributed by atoms with Crippen molar-refractivity contribution in [1.29, 1.82) is 0 Å². The van der Waals surface area contributed by atoms with Gasteiger partial charge in [0, 0.05) is 12.2 Å². The van der Waals surface area contributed by atoms with Crippen molar-refractivity contribution < 1.29 is 8.42 Å². The SMILES string of the molecule is CS(=O)(=O)CCC(N)c1n[nH]c(C2CCCC2)n1. The van der Waals surface area contributed by atoms with Crippen LogP contribution in [0.2, 0.25) is 0 Å². The van der Waals surface area contributed by atoms with Gasteiger partial charge in [-0.15, -0.1) is 0 Å². The molecule has 1 heterocycles. The van der Waals surface area contributed by atoms with Crippen molar-refractivity contribution >= 4 is 9.84 Å². The maximum atomic E-state index is 11.1. The third kappa shape index (κ3) is 3.52. The second-order valence-corrected chi connectivity index (χ2v) is 7.35. The lowest BCUT2D eigenvalue weighted by molar-refractivity contribution is 0.586. The van der Waals surface area contributed by atoms with Crippen LogP contribution in [0, 0.1) is 0 Å². The molecule has 1 aromatic heterocycles. The summed E-state index contributed by atoms with van der Waals surface area (Å²) in [5, 5.41) is 7.04. The molecule has 1 fully saturated rings. The number of sulfone groups is 1. The van der Waals surface area contributed by atoms with Gasteiger partial charge in [0.2, 0.25) is 0 Å². The second-order valence-electron chi connectivity index (χ2n) is 5.09. The Morgan fingerprint density at radius 1 is 1.44 bits per heavy atom. The summed E-state index contributed by atoms with van der Waals surface area (Å²) in [7, 11) is -2.98. The van der Waals surface area contributed by atoms with Crippen molar-refractivity contribution in [2.45, 2.75) is 44.1 Å². The maximum absolute atomic E-state index is 11.1. The first-order chi connectivity index (χ1) is 8.46. The van der Waals surface area contributed by atoms with Crippen LogP contribution in [0.5, 0.6) is 0 Å². The molecule has 1 saturated carbocycles. The van der Waals surface area contributed by atoms with Crippen LogP contribution in [-0.4, -0.2) is 35.6 Å². The fraction of sp³-hybridized carbons (Fsp3) is 0.818. The molecular weight excluding hydrogens is 252 g/mol. The molecule has 1 aliphatic rings. The quantitative estimate of drug-likeness (QED) is 0.829. The molecule has 6 nitrogen and oxygen atoms in total. The molecule has 1 aromatic rings. The molecule has 7 heteroatoms. The third-order valence-electron chi connectivity index (χ3n) is 3.39. The predicted octanol–water partition coefficient (Wildman–Crippen LogP) is 0.897. The minimum Gasteiger partial charge on any atom is -0.321 e. The van der Waals surface area contributed by atoms with Gasteiger partial charge in [-0.3, -0.25) is 5.10 Å². The number of nitrogens with zero attached hydrogens (tertiary/aromatic N) is 2. The molecule has 2 rings (SSSR count). The molecule has 0 saturated heterocycles. The first-order valence-corrected chi connectivity index (χ1v) is 8.37. The standard InChI is InChI=1S/C11H20N4O2S/c1-18(16,17)7-6-9(12)11-13-10(14-15-11)8-4-2-3-5-8/h8-9H,2-7,12H2,1H3,(H,13,14,15). The van der Waals surface area contributed by atoms with Crippen molar-refractivity contribution in [3.05, 3.63) is 11.6 Å². The van der Waals surface area contributed by atoms with Crippen molar-refractivity contribution in [2.75, 3.05) is 12.0 Å². The van der Waals surface area contributed by atoms with Crippen molar-refractivity contribution in [1.82, 2.24) is 15.2 Å². The smallest absolute Gasteiger partial charge is 0.167 e. The summed E-state index contributed by atoms with van der Waals surface area (Å²) in [6.07, 6.45) is 6.34. The summed E-state index contributed by atoms with van der Waals surface area (Å²) in [6, 6.07) is -0.411. The van der Waals surface area contributed by atoms with Crippen LogP contribution in [0.15, 0.2) is 0 Å². The van der Waals surface area contributed by atoms with Crippen molar-refractivity contribution in [3.8, 4) is 0 Å². The number of nitrogens with two attached hydrogens (primary N) is 1. The van der Waals surface area contributed by atoms with E-state index in [1.54, 1.807) is 0 Å². The average Bonchev–Trinajstić information content (AvgIpc) is 2.94. The van der Waals surface area contributed by atoms with E-state index >= 15 is 0 Å². The lowest BCUT2D eigenvalue weighted by atomic mass is 10.1. The zero-order valence-electron chi connectivity index (χ0n) is 10.6. The Bertz CT molecular complexity index is 491. The van der Waals surface area contributed by atoms with Crippen LogP contribution < -0.4 is 5.73 Å². The molecule has 3 N–H and O–H groups in total. The molecule has 1 atom stereocenters. The lowest BCUT2D eigenvalue weighted by Gasteiger charge is -2.06. The van der Waals surface area contributed by atoms with Crippen LogP contribution in [0.4, 0.5) is 0 Å². The van der Waals surface area contributed by atoms with Crippen molar-refractivity contribution in [2.24, 2.45) is 5.73 Å². The molecule has 0 aliphatic heterocycles. The van der Waals surface area contributed by atoms with E-state index in [4.69, 9.17) is 5.73 Å². The van der Waals surface area contributed by atoms with E-state index in [9.17, 15) is 8.42 Å². The second kappa shape index (κ2) is 5.36. The topological polar surface area (TPSA) is 102 Å². The Balaban J connectivity index is 1.96. The number of H-pyrrole nitrogens is 1. The maximum Gasteiger partial charge on any atom is 0.167 e. The van der Waals surface area contributed by atoms with Gasteiger partial charge in [0.05, 0.1) is 11.8 Å². The highest BCUT2D eigenvalue weighted by atomic mass is 32.2. The summed E-state index contributed by atoms with van der Waals surface area (Å²) in [4.78, 5) is 4.41. The van der Waals surface area contributed by atoms with Crippen LogP contribution in [0.3, 0.4) is 0 Å². The molecule has 18 heavy (non-hydrogen) atoms. The van der Waals surface area contributed by atoms with Gasteiger partial charge in [0.15, 0.2) is 5.82 Å². The number of aromatic nitrogens is 3. The van der Waals surface area contributed by atoms with Gasteiger partial charge in [0.1, 0.15) is 15.7 Å². The fourth-order valence-electron chi connectivity index (χ4n) is 2.31. The van der Waals surface area contributed by atoms with E-state index in [1.807, 2.05) is 0 Å². The van der Waals surface area contributed by atoms with Crippen LogP contribution in [0.1, 0.15) is 55.7 Å². The minimum atomic E-state index is -2.98. The molecule has 1 unspecified atom stereocenters. The molecule has 0 spiro atoms. The Kier molecular flexibility index (Phi) is 4.01. The highest BCUT2D eigenvalue weighted by molar-refractivity contribution is 7.90. The van der Waals surface area contributed by atoms with E-state index in [0.717, 1.165) is 18.7 Å². The summed E-state index contributed by atoms with van der Waals surface area (Å²) < 4.78 is 22.2.